The molecule has 1 aliphatic heterocycles. The Labute approximate surface area is 158 Å². The van der Waals surface area contributed by atoms with E-state index in [0.29, 0.717) is 15.6 Å². The van der Waals surface area contributed by atoms with Crippen LogP contribution in [0.4, 0.5) is 14.9 Å². The number of hydrogen-bond donors (Lipinski definition) is 3. The number of benzene rings is 2. The van der Waals surface area contributed by atoms with Crippen LogP contribution in [-0.2, 0) is 9.59 Å². The number of nitrogens with zero attached hydrogens (tertiary/aromatic N) is 1. The van der Waals surface area contributed by atoms with Gasteiger partial charge in [0.05, 0.1) is 0 Å². The second-order valence-electron chi connectivity index (χ2n) is 5.64. The van der Waals surface area contributed by atoms with Crippen LogP contribution in [0.3, 0.4) is 0 Å². The Morgan fingerprint density at radius 3 is 2.63 bits per heavy atom. The van der Waals surface area contributed by atoms with E-state index in [1.165, 1.54) is 48.5 Å². The highest BCUT2D eigenvalue weighted by Crippen LogP contribution is 2.25. The van der Waals surface area contributed by atoms with Crippen LogP contribution in [0, 0.1) is 5.82 Å². The van der Waals surface area contributed by atoms with Crippen LogP contribution in [0.15, 0.2) is 48.2 Å². The van der Waals surface area contributed by atoms with E-state index in [9.17, 15) is 23.9 Å². The Morgan fingerprint density at radius 2 is 1.93 bits per heavy atom. The van der Waals surface area contributed by atoms with E-state index in [1.54, 1.807) is 0 Å². The molecule has 0 saturated carbocycles. The zero-order valence-electron chi connectivity index (χ0n) is 13.7. The highest BCUT2D eigenvalue weighted by molar-refractivity contribution is 6.30. The summed E-state index contributed by atoms with van der Waals surface area (Å²) in [4.78, 5) is 37.2. The number of rotatable bonds is 4. The van der Waals surface area contributed by atoms with Gasteiger partial charge in [0.1, 0.15) is 23.8 Å². The molecule has 0 spiro atoms. The van der Waals surface area contributed by atoms with Crippen LogP contribution in [0.25, 0.3) is 6.08 Å². The number of phenols is 1. The second kappa shape index (κ2) is 7.46. The van der Waals surface area contributed by atoms with Gasteiger partial charge in [0.25, 0.3) is 5.91 Å². The molecule has 9 heteroatoms. The maximum atomic E-state index is 12.9. The molecule has 3 N–H and O–H groups in total. The first-order valence-corrected chi connectivity index (χ1v) is 8.10. The van der Waals surface area contributed by atoms with Crippen LogP contribution in [0.2, 0.25) is 5.02 Å². The van der Waals surface area contributed by atoms with Gasteiger partial charge >= 0.3 is 6.03 Å². The summed E-state index contributed by atoms with van der Waals surface area (Å²) in [6.45, 7) is -0.527. The number of amides is 4. The molecule has 4 amide bonds. The Balaban J connectivity index is 1.72. The average molecular weight is 390 g/mol. The molecule has 0 radical (unpaired) electrons. The molecule has 138 valence electrons. The lowest BCUT2D eigenvalue weighted by atomic mass is 10.1. The first-order chi connectivity index (χ1) is 12.8. The fourth-order valence-corrected chi connectivity index (χ4v) is 2.57. The zero-order valence-corrected chi connectivity index (χ0v) is 14.5. The molecule has 0 aliphatic carbocycles. The molecule has 0 atom stereocenters. The smallest absolute Gasteiger partial charge is 0.329 e. The molecule has 3 rings (SSSR count). The van der Waals surface area contributed by atoms with E-state index in [2.05, 4.69) is 10.6 Å². The minimum Gasteiger partial charge on any atom is -0.507 e. The predicted octanol–water partition coefficient (Wildman–Crippen LogP) is 2.72. The first kappa shape index (κ1) is 18.4. The zero-order chi connectivity index (χ0) is 19.6. The van der Waals surface area contributed by atoms with Gasteiger partial charge in [-0.15, -0.1) is 0 Å². The minimum atomic E-state index is -0.776. The molecule has 1 aliphatic rings. The van der Waals surface area contributed by atoms with E-state index in [1.807, 2.05) is 0 Å². The van der Waals surface area contributed by atoms with Crippen molar-refractivity contribution in [2.24, 2.45) is 0 Å². The van der Waals surface area contributed by atoms with E-state index >= 15 is 0 Å². The number of phenolic OH excluding ortho intramolecular Hbond substituents is 1. The topological polar surface area (TPSA) is 98.7 Å². The summed E-state index contributed by atoms with van der Waals surface area (Å²) >= 11 is 5.85. The van der Waals surface area contributed by atoms with Crippen LogP contribution < -0.4 is 10.6 Å². The summed E-state index contributed by atoms with van der Waals surface area (Å²) in [5.74, 6) is -1.94. The van der Waals surface area contributed by atoms with Crippen LogP contribution in [0.1, 0.15) is 5.56 Å². The number of urea groups is 1. The Morgan fingerprint density at radius 1 is 1.22 bits per heavy atom. The summed E-state index contributed by atoms with van der Waals surface area (Å²) in [5.41, 5.74) is 0.462. The van der Waals surface area contributed by atoms with Crippen molar-refractivity contribution >= 4 is 41.2 Å². The van der Waals surface area contributed by atoms with Crippen molar-refractivity contribution < 1.29 is 23.9 Å². The van der Waals surface area contributed by atoms with Gasteiger partial charge in [0.15, 0.2) is 0 Å². The summed E-state index contributed by atoms with van der Waals surface area (Å²) in [6, 6.07) is 8.51. The summed E-state index contributed by atoms with van der Waals surface area (Å²) in [7, 11) is 0. The third-order valence-corrected chi connectivity index (χ3v) is 3.92. The maximum Gasteiger partial charge on any atom is 0.329 e. The van der Waals surface area contributed by atoms with Gasteiger partial charge in [-0.3, -0.25) is 9.59 Å². The van der Waals surface area contributed by atoms with Crippen molar-refractivity contribution in [1.29, 1.82) is 0 Å². The highest BCUT2D eigenvalue weighted by atomic mass is 35.5. The highest BCUT2D eigenvalue weighted by Gasteiger charge is 2.35. The third kappa shape index (κ3) is 4.24. The SMILES string of the molecule is O=C(CN1C(=O)N/C(=C\c2cc(Cl)ccc2O)C1=O)Nc1ccc(F)cc1. The van der Waals surface area contributed by atoms with E-state index < -0.39 is 30.2 Å². The standard InChI is InChI=1S/C18H13ClFN3O4/c19-11-1-6-15(24)10(7-11)8-14-17(26)23(18(27)22-14)9-16(25)21-13-4-2-12(20)3-5-13/h1-8,24H,9H2,(H,21,25)(H,22,27)/b14-8-. The molecule has 2 aromatic carbocycles. The molecule has 0 bridgehead atoms. The molecule has 0 aromatic heterocycles. The molecule has 0 unspecified atom stereocenters. The number of imide groups is 1. The van der Waals surface area contributed by atoms with Gasteiger partial charge in [-0.05, 0) is 48.5 Å². The van der Waals surface area contributed by atoms with Gasteiger partial charge in [0, 0.05) is 16.3 Å². The van der Waals surface area contributed by atoms with E-state index in [4.69, 9.17) is 11.6 Å². The Kier molecular flexibility index (Phi) is 5.09. The van der Waals surface area contributed by atoms with Crippen molar-refractivity contribution in [3.63, 3.8) is 0 Å². The number of anilines is 1. The number of carbonyl (C=O) groups excluding carboxylic acids is 3. The van der Waals surface area contributed by atoms with E-state index in [-0.39, 0.29) is 17.0 Å². The second-order valence-corrected chi connectivity index (χ2v) is 6.07. The van der Waals surface area contributed by atoms with Crippen molar-refractivity contribution in [2.75, 3.05) is 11.9 Å². The summed E-state index contributed by atoms with van der Waals surface area (Å²) in [5, 5.41) is 15.0. The molecular weight excluding hydrogens is 377 g/mol. The predicted molar refractivity (Wildman–Crippen MR) is 96.4 cm³/mol. The van der Waals surface area contributed by atoms with Crippen LogP contribution in [0.5, 0.6) is 5.75 Å². The maximum absolute atomic E-state index is 12.9. The monoisotopic (exact) mass is 389 g/mol. The molecular formula is C18H13ClFN3O4. The molecule has 7 nitrogen and oxygen atoms in total. The molecule has 1 heterocycles. The average Bonchev–Trinajstić information content (AvgIpc) is 2.87. The van der Waals surface area contributed by atoms with Crippen molar-refractivity contribution in [3.05, 3.63) is 64.6 Å². The van der Waals surface area contributed by atoms with Gasteiger partial charge < -0.3 is 15.7 Å². The number of halogens is 2. The molecule has 1 saturated heterocycles. The quantitative estimate of drug-likeness (QED) is 0.553. The van der Waals surface area contributed by atoms with Crippen molar-refractivity contribution in [1.82, 2.24) is 10.2 Å². The van der Waals surface area contributed by atoms with Gasteiger partial charge in [-0.2, -0.15) is 0 Å². The molecule has 2 aromatic rings. The first-order valence-electron chi connectivity index (χ1n) is 7.72. The lowest BCUT2D eigenvalue weighted by Crippen LogP contribution is -2.38. The fraction of sp³-hybridized carbons (Fsp3) is 0.0556. The Hall–Kier alpha value is -3.39. The number of nitrogens with one attached hydrogen (secondary N) is 2. The van der Waals surface area contributed by atoms with Crippen molar-refractivity contribution in [3.8, 4) is 5.75 Å². The number of aromatic hydroxyl groups is 1. The third-order valence-electron chi connectivity index (χ3n) is 3.68. The minimum absolute atomic E-state index is 0.104. The normalized spacial score (nSPS) is 15.2. The van der Waals surface area contributed by atoms with Gasteiger partial charge in [-0.1, -0.05) is 11.6 Å². The number of carbonyl (C=O) groups is 3. The lowest BCUT2D eigenvalue weighted by Gasteiger charge is -2.11. The van der Waals surface area contributed by atoms with Gasteiger partial charge in [-0.25, -0.2) is 14.1 Å². The lowest BCUT2D eigenvalue weighted by molar-refractivity contribution is -0.127. The van der Waals surface area contributed by atoms with Crippen LogP contribution in [-0.4, -0.2) is 34.4 Å². The van der Waals surface area contributed by atoms with Crippen LogP contribution >= 0.6 is 11.6 Å². The fourth-order valence-electron chi connectivity index (χ4n) is 2.39. The van der Waals surface area contributed by atoms with Crippen molar-refractivity contribution in [2.45, 2.75) is 0 Å². The summed E-state index contributed by atoms with van der Waals surface area (Å²) in [6.07, 6.45) is 1.26. The van der Waals surface area contributed by atoms with Gasteiger partial charge in [0.2, 0.25) is 5.91 Å². The van der Waals surface area contributed by atoms with E-state index in [0.717, 1.165) is 0 Å². The molecule has 27 heavy (non-hydrogen) atoms. The number of hydrogen-bond acceptors (Lipinski definition) is 4. The summed E-state index contributed by atoms with van der Waals surface area (Å²) < 4.78 is 12.9. The Bertz CT molecular complexity index is 960. The molecule has 1 fully saturated rings. The largest absolute Gasteiger partial charge is 0.507 e.